The lowest BCUT2D eigenvalue weighted by molar-refractivity contribution is 0.0943. The molecule has 0 aromatic carbocycles. The Hall–Kier alpha value is -0.610. The first-order valence-corrected chi connectivity index (χ1v) is 5.29. The van der Waals surface area contributed by atoms with E-state index in [9.17, 15) is 4.79 Å². The number of carbonyl (C=O) groups excluding carboxylic acids is 1. The molecule has 0 aliphatic rings. The second-order valence-electron chi connectivity index (χ2n) is 3.12. The van der Waals surface area contributed by atoms with Gasteiger partial charge in [0.05, 0.1) is 5.56 Å². The van der Waals surface area contributed by atoms with E-state index in [0.29, 0.717) is 5.56 Å². The molecule has 0 fully saturated rings. The molecular formula is C9H10BrClN2O. The Morgan fingerprint density at radius 2 is 2.29 bits per heavy atom. The van der Waals surface area contributed by atoms with Crippen LogP contribution in [0.5, 0.6) is 0 Å². The Morgan fingerprint density at radius 3 is 2.86 bits per heavy atom. The highest BCUT2D eigenvalue weighted by atomic mass is 79.9. The molecule has 5 heteroatoms. The number of halogens is 2. The van der Waals surface area contributed by atoms with Crippen LogP contribution in [0, 0.1) is 0 Å². The van der Waals surface area contributed by atoms with Gasteiger partial charge in [-0.2, -0.15) is 0 Å². The number of rotatable bonds is 2. The number of amides is 1. The van der Waals surface area contributed by atoms with Crippen LogP contribution >= 0.6 is 27.5 Å². The number of nitrogens with one attached hydrogen (secondary N) is 1. The summed E-state index contributed by atoms with van der Waals surface area (Å²) in [6, 6.07) is 1.73. The summed E-state index contributed by atoms with van der Waals surface area (Å²) in [7, 11) is 0. The van der Waals surface area contributed by atoms with E-state index in [-0.39, 0.29) is 17.1 Å². The Labute approximate surface area is 96.0 Å². The summed E-state index contributed by atoms with van der Waals surface area (Å²) in [5, 5.41) is 2.96. The van der Waals surface area contributed by atoms with Crippen molar-refractivity contribution in [3.05, 3.63) is 27.5 Å². The first kappa shape index (κ1) is 11.5. The first-order valence-electron chi connectivity index (χ1n) is 4.12. The van der Waals surface area contributed by atoms with Gasteiger partial charge < -0.3 is 5.32 Å². The minimum absolute atomic E-state index is 0.0811. The average molecular weight is 278 g/mol. The predicted octanol–water partition coefficient (Wildman–Crippen LogP) is 2.64. The van der Waals surface area contributed by atoms with Gasteiger partial charge in [0, 0.05) is 16.7 Å². The quantitative estimate of drug-likeness (QED) is 0.845. The second-order valence-corrected chi connectivity index (χ2v) is 4.39. The molecule has 1 rings (SSSR count). The SMILES string of the molecule is CC(C)NC(=O)c1cc(Br)cnc1Cl. The zero-order chi connectivity index (χ0) is 10.7. The zero-order valence-corrected chi connectivity index (χ0v) is 10.2. The summed E-state index contributed by atoms with van der Waals surface area (Å²) in [6.07, 6.45) is 1.55. The molecule has 0 unspecified atom stereocenters. The number of pyridine rings is 1. The standard InChI is InChI=1S/C9H10BrClN2O/c1-5(2)13-9(14)7-3-6(10)4-12-8(7)11/h3-5H,1-2H3,(H,13,14). The van der Waals surface area contributed by atoms with E-state index in [4.69, 9.17) is 11.6 Å². The van der Waals surface area contributed by atoms with Crippen molar-refractivity contribution in [2.45, 2.75) is 19.9 Å². The third kappa shape index (κ3) is 2.96. The molecule has 1 heterocycles. The molecule has 0 atom stereocenters. The number of hydrogen-bond acceptors (Lipinski definition) is 2. The molecule has 0 radical (unpaired) electrons. The van der Waals surface area contributed by atoms with Crippen molar-refractivity contribution in [2.75, 3.05) is 0 Å². The number of nitrogens with zero attached hydrogens (tertiary/aromatic N) is 1. The van der Waals surface area contributed by atoms with Gasteiger partial charge in [-0.3, -0.25) is 4.79 Å². The first-order chi connectivity index (χ1) is 6.50. The molecule has 0 saturated carbocycles. The molecule has 14 heavy (non-hydrogen) atoms. The summed E-state index contributed by atoms with van der Waals surface area (Å²) in [5.41, 5.74) is 0.384. The van der Waals surface area contributed by atoms with Gasteiger partial charge in [-0.15, -0.1) is 0 Å². The van der Waals surface area contributed by atoms with Crippen molar-refractivity contribution < 1.29 is 4.79 Å². The fourth-order valence-electron chi connectivity index (χ4n) is 0.922. The average Bonchev–Trinajstić information content (AvgIpc) is 2.08. The molecule has 76 valence electrons. The normalized spacial score (nSPS) is 10.4. The van der Waals surface area contributed by atoms with Crippen LogP contribution in [0.1, 0.15) is 24.2 Å². The van der Waals surface area contributed by atoms with Crippen LogP contribution < -0.4 is 5.32 Å². The smallest absolute Gasteiger partial charge is 0.254 e. The van der Waals surface area contributed by atoms with Gasteiger partial charge in [0.1, 0.15) is 5.15 Å². The van der Waals surface area contributed by atoms with Gasteiger partial charge in [0.25, 0.3) is 5.91 Å². The lowest BCUT2D eigenvalue weighted by Gasteiger charge is -2.08. The van der Waals surface area contributed by atoms with Crippen LogP contribution in [-0.2, 0) is 0 Å². The van der Waals surface area contributed by atoms with Crippen LogP contribution in [0.15, 0.2) is 16.7 Å². The zero-order valence-electron chi connectivity index (χ0n) is 7.84. The van der Waals surface area contributed by atoms with E-state index >= 15 is 0 Å². The van der Waals surface area contributed by atoms with Crippen molar-refractivity contribution in [3.8, 4) is 0 Å². The Kier molecular flexibility index (Phi) is 3.89. The molecule has 1 amide bonds. The molecule has 0 saturated heterocycles. The lowest BCUT2D eigenvalue weighted by atomic mass is 10.2. The van der Waals surface area contributed by atoms with Gasteiger partial charge >= 0.3 is 0 Å². The van der Waals surface area contributed by atoms with Crippen molar-refractivity contribution in [1.82, 2.24) is 10.3 Å². The van der Waals surface area contributed by atoms with E-state index in [1.54, 1.807) is 12.3 Å². The summed E-state index contributed by atoms with van der Waals surface area (Å²) >= 11 is 9.01. The Balaban J connectivity index is 2.94. The van der Waals surface area contributed by atoms with Gasteiger partial charge in [-0.1, -0.05) is 11.6 Å². The highest BCUT2D eigenvalue weighted by Crippen LogP contribution is 2.17. The summed E-state index contributed by atoms with van der Waals surface area (Å²) in [5.74, 6) is -0.209. The Morgan fingerprint density at radius 1 is 1.64 bits per heavy atom. The molecule has 0 aliphatic carbocycles. The van der Waals surface area contributed by atoms with E-state index in [1.165, 1.54) is 0 Å². The third-order valence-corrected chi connectivity index (χ3v) is 2.20. The summed E-state index contributed by atoms with van der Waals surface area (Å²) < 4.78 is 0.732. The maximum Gasteiger partial charge on any atom is 0.254 e. The monoisotopic (exact) mass is 276 g/mol. The van der Waals surface area contributed by atoms with E-state index in [0.717, 1.165) is 4.47 Å². The highest BCUT2D eigenvalue weighted by Gasteiger charge is 2.12. The van der Waals surface area contributed by atoms with Crippen LogP contribution in [0.4, 0.5) is 0 Å². The minimum Gasteiger partial charge on any atom is -0.350 e. The predicted molar refractivity (Wildman–Crippen MR) is 59.5 cm³/mol. The van der Waals surface area contributed by atoms with Crippen molar-refractivity contribution >= 4 is 33.4 Å². The lowest BCUT2D eigenvalue weighted by Crippen LogP contribution is -2.30. The second kappa shape index (κ2) is 4.75. The summed E-state index contributed by atoms with van der Waals surface area (Å²) in [4.78, 5) is 15.4. The molecule has 3 nitrogen and oxygen atoms in total. The molecule has 1 aromatic heterocycles. The van der Waals surface area contributed by atoms with Gasteiger partial charge in [0.2, 0.25) is 0 Å². The molecular weight excluding hydrogens is 267 g/mol. The number of carbonyl (C=O) groups is 1. The third-order valence-electron chi connectivity index (χ3n) is 1.47. The van der Waals surface area contributed by atoms with Crippen LogP contribution in [0.25, 0.3) is 0 Å². The van der Waals surface area contributed by atoms with E-state index in [1.807, 2.05) is 13.8 Å². The number of hydrogen-bond donors (Lipinski definition) is 1. The molecule has 0 spiro atoms. The van der Waals surface area contributed by atoms with Crippen molar-refractivity contribution in [1.29, 1.82) is 0 Å². The van der Waals surface area contributed by atoms with E-state index in [2.05, 4.69) is 26.2 Å². The van der Waals surface area contributed by atoms with Crippen LogP contribution in [0.3, 0.4) is 0 Å². The maximum atomic E-state index is 11.6. The minimum atomic E-state index is -0.209. The largest absolute Gasteiger partial charge is 0.350 e. The van der Waals surface area contributed by atoms with Gasteiger partial charge in [-0.25, -0.2) is 4.98 Å². The molecule has 0 aliphatic heterocycles. The van der Waals surface area contributed by atoms with E-state index < -0.39 is 0 Å². The molecule has 1 aromatic rings. The van der Waals surface area contributed by atoms with Crippen LogP contribution in [0.2, 0.25) is 5.15 Å². The molecule has 1 N–H and O–H groups in total. The van der Waals surface area contributed by atoms with Gasteiger partial charge in [-0.05, 0) is 35.8 Å². The van der Waals surface area contributed by atoms with Gasteiger partial charge in [0.15, 0.2) is 0 Å². The summed E-state index contributed by atoms with van der Waals surface area (Å²) in [6.45, 7) is 3.77. The van der Waals surface area contributed by atoms with Crippen molar-refractivity contribution in [2.24, 2.45) is 0 Å². The topological polar surface area (TPSA) is 42.0 Å². The van der Waals surface area contributed by atoms with Crippen molar-refractivity contribution in [3.63, 3.8) is 0 Å². The fraction of sp³-hybridized carbons (Fsp3) is 0.333. The number of aromatic nitrogens is 1. The molecule has 0 bridgehead atoms. The fourth-order valence-corrected chi connectivity index (χ4v) is 1.44. The highest BCUT2D eigenvalue weighted by molar-refractivity contribution is 9.10. The maximum absolute atomic E-state index is 11.6. The Bertz CT molecular complexity index is 355. The van der Waals surface area contributed by atoms with Crippen LogP contribution in [-0.4, -0.2) is 16.9 Å².